The van der Waals surface area contributed by atoms with Crippen molar-refractivity contribution < 1.29 is 0 Å². The summed E-state index contributed by atoms with van der Waals surface area (Å²) in [6.07, 6.45) is 2.75. The maximum absolute atomic E-state index is 3.45. The Morgan fingerprint density at radius 1 is 1.15 bits per heavy atom. The molecular formula is C17H29N3. The highest BCUT2D eigenvalue weighted by Crippen LogP contribution is 2.14. The van der Waals surface area contributed by atoms with Gasteiger partial charge in [0, 0.05) is 38.4 Å². The van der Waals surface area contributed by atoms with Crippen molar-refractivity contribution in [3.8, 4) is 0 Å². The highest BCUT2D eigenvalue weighted by atomic mass is 15.2. The molecule has 2 rings (SSSR count). The average molecular weight is 275 g/mol. The molecule has 0 atom stereocenters. The van der Waals surface area contributed by atoms with Crippen molar-refractivity contribution in [2.45, 2.75) is 39.3 Å². The van der Waals surface area contributed by atoms with E-state index in [0.717, 1.165) is 13.1 Å². The molecule has 0 saturated carbocycles. The maximum Gasteiger partial charge on any atom is 0.0364 e. The molecule has 1 aromatic rings. The molecule has 1 saturated heterocycles. The van der Waals surface area contributed by atoms with E-state index in [9.17, 15) is 0 Å². The van der Waals surface area contributed by atoms with Crippen LogP contribution in [0.15, 0.2) is 24.3 Å². The van der Waals surface area contributed by atoms with Crippen LogP contribution in [0.2, 0.25) is 0 Å². The highest BCUT2D eigenvalue weighted by Gasteiger charge is 2.11. The van der Waals surface area contributed by atoms with E-state index in [1.165, 1.54) is 43.7 Å². The number of nitrogens with zero attached hydrogens (tertiary/aromatic N) is 2. The number of rotatable bonds is 7. The summed E-state index contributed by atoms with van der Waals surface area (Å²) in [6.45, 7) is 10.2. The number of benzene rings is 1. The van der Waals surface area contributed by atoms with Gasteiger partial charge in [-0.15, -0.1) is 0 Å². The zero-order chi connectivity index (χ0) is 14.4. The van der Waals surface area contributed by atoms with Gasteiger partial charge in [0.15, 0.2) is 0 Å². The second kappa shape index (κ2) is 7.65. The van der Waals surface area contributed by atoms with Gasteiger partial charge in [-0.05, 0) is 43.6 Å². The smallest absolute Gasteiger partial charge is 0.0364 e. The number of likely N-dealkylation sites (tertiary alicyclic amines) is 1. The number of hydrogen-bond acceptors (Lipinski definition) is 3. The van der Waals surface area contributed by atoms with Gasteiger partial charge in [-0.25, -0.2) is 0 Å². The van der Waals surface area contributed by atoms with Gasteiger partial charge in [-0.2, -0.15) is 0 Å². The first kappa shape index (κ1) is 15.3. The number of hydrogen-bond donors (Lipinski definition) is 1. The van der Waals surface area contributed by atoms with E-state index >= 15 is 0 Å². The van der Waals surface area contributed by atoms with Gasteiger partial charge in [0.1, 0.15) is 0 Å². The van der Waals surface area contributed by atoms with Crippen LogP contribution >= 0.6 is 0 Å². The van der Waals surface area contributed by atoms with Gasteiger partial charge in [0.25, 0.3) is 0 Å². The summed E-state index contributed by atoms with van der Waals surface area (Å²) in [5.74, 6) is 0. The average Bonchev–Trinajstić information content (AvgIpc) is 2.96. The van der Waals surface area contributed by atoms with Crippen molar-refractivity contribution >= 4 is 5.69 Å². The fraction of sp³-hybridized carbons (Fsp3) is 0.647. The van der Waals surface area contributed by atoms with Gasteiger partial charge in [-0.1, -0.05) is 26.0 Å². The van der Waals surface area contributed by atoms with E-state index in [0.29, 0.717) is 6.04 Å². The van der Waals surface area contributed by atoms with Gasteiger partial charge >= 0.3 is 0 Å². The van der Waals surface area contributed by atoms with Crippen LogP contribution in [0, 0.1) is 0 Å². The Bertz CT molecular complexity index is 380. The maximum atomic E-state index is 3.45. The predicted molar refractivity (Wildman–Crippen MR) is 87.4 cm³/mol. The lowest BCUT2D eigenvalue weighted by Crippen LogP contribution is -2.31. The van der Waals surface area contributed by atoms with E-state index in [1.54, 1.807) is 0 Å². The van der Waals surface area contributed by atoms with Crippen LogP contribution in [0.5, 0.6) is 0 Å². The van der Waals surface area contributed by atoms with Gasteiger partial charge in [0.05, 0.1) is 0 Å². The van der Waals surface area contributed by atoms with Crippen LogP contribution < -0.4 is 10.2 Å². The SMILES string of the molecule is CC(C)NCc1ccc(N(C)CCN2CCCC2)cc1. The fourth-order valence-corrected chi connectivity index (χ4v) is 2.62. The first-order chi connectivity index (χ1) is 9.65. The van der Waals surface area contributed by atoms with Gasteiger partial charge in [0.2, 0.25) is 0 Å². The Labute approximate surface area is 124 Å². The van der Waals surface area contributed by atoms with Crippen molar-refractivity contribution in [1.82, 2.24) is 10.2 Å². The fourth-order valence-electron chi connectivity index (χ4n) is 2.62. The summed E-state index contributed by atoms with van der Waals surface area (Å²) < 4.78 is 0. The summed E-state index contributed by atoms with van der Waals surface area (Å²) in [4.78, 5) is 4.93. The third-order valence-electron chi connectivity index (χ3n) is 4.04. The Kier molecular flexibility index (Phi) is 5.86. The second-order valence-electron chi connectivity index (χ2n) is 6.17. The van der Waals surface area contributed by atoms with E-state index in [1.807, 2.05) is 0 Å². The third kappa shape index (κ3) is 4.80. The van der Waals surface area contributed by atoms with Crippen LogP contribution in [0.3, 0.4) is 0 Å². The predicted octanol–water partition coefficient (Wildman–Crippen LogP) is 2.72. The molecular weight excluding hydrogens is 246 g/mol. The number of anilines is 1. The molecule has 1 aromatic carbocycles. The largest absolute Gasteiger partial charge is 0.373 e. The zero-order valence-corrected chi connectivity index (χ0v) is 13.2. The molecule has 112 valence electrons. The van der Waals surface area contributed by atoms with E-state index in [2.05, 4.69) is 60.3 Å². The first-order valence-electron chi connectivity index (χ1n) is 7.91. The van der Waals surface area contributed by atoms with Crippen molar-refractivity contribution in [3.05, 3.63) is 29.8 Å². The van der Waals surface area contributed by atoms with Crippen LogP contribution in [0.1, 0.15) is 32.3 Å². The zero-order valence-electron chi connectivity index (χ0n) is 13.2. The quantitative estimate of drug-likeness (QED) is 0.825. The molecule has 1 aliphatic rings. The Morgan fingerprint density at radius 3 is 2.40 bits per heavy atom. The molecule has 0 aromatic heterocycles. The van der Waals surface area contributed by atoms with Crippen molar-refractivity contribution in [2.24, 2.45) is 0 Å². The van der Waals surface area contributed by atoms with Crippen LogP contribution in [-0.4, -0.2) is 44.2 Å². The van der Waals surface area contributed by atoms with E-state index in [-0.39, 0.29) is 0 Å². The molecule has 0 amide bonds. The standard InChI is InChI=1S/C17H29N3/c1-15(2)18-14-16-6-8-17(9-7-16)19(3)12-13-20-10-4-5-11-20/h6-9,15,18H,4-5,10-14H2,1-3H3. The van der Waals surface area contributed by atoms with Gasteiger partial charge < -0.3 is 15.1 Å². The molecule has 0 spiro atoms. The second-order valence-corrected chi connectivity index (χ2v) is 6.17. The lowest BCUT2D eigenvalue weighted by Gasteiger charge is -2.23. The molecule has 0 radical (unpaired) electrons. The summed E-state index contributed by atoms with van der Waals surface area (Å²) >= 11 is 0. The summed E-state index contributed by atoms with van der Waals surface area (Å²) in [5, 5.41) is 3.45. The monoisotopic (exact) mass is 275 g/mol. The Balaban J connectivity index is 1.78. The molecule has 1 aliphatic heterocycles. The van der Waals surface area contributed by atoms with Crippen LogP contribution in [0.4, 0.5) is 5.69 Å². The van der Waals surface area contributed by atoms with Crippen molar-refractivity contribution in [3.63, 3.8) is 0 Å². The Hall–Kier alpha value is -1.06. The molecule has 3 nitrogen and oxygen atoms in total. The molecule has 0 aliphatic carbocycles. The summed E-state index contributed by atoms with van der Waals surface area (Å²) in [6, 6.07) is 9.48. The van der Waals surface area contributed by atoms with Crippen LogP contribution in [0.25, 0.3) is 0 Å². The molecule has 0 unspecified atom stereocenters. The van der Waals surface area contributed by atoms with Gasteiger partial charge in [-0.3, -0.25) is 0 Å². The number of nitrogens with one attached hydrogen (secondary N) is 1. The minimum absolute atomic E-state index is 0.540. The van der Waals surface area contributed by atoms with E-state index in [4.69, 9.17) is 0 Å². The van der Waals surface area contributed by atoms with Crippen LogP contribution in [-0.2, 0) is 6.54 Å². The Morgan fingerprint density at radius 2 is 1.80 bits per heavy atom. The topological polar surface area (TPSA) is 18.5 Å². The molecule has 0 bridgehead atoms. The minimum Gasteiger partial charge on any atom is -0.373 e. The first-order valence-corrected chi connectivity index (χ1v) is 7.91. The molecule has 3 heteroatoms. The third-order valence-corrected chi connectivity index (χ3v) is 4.04. The minimum atomic E-state index is 0.540. The highest BCUT2D eigenvalue weighted by molar-refractivity contribution is 5.46. The number of likely N-dealkylation sites (N-methyl/N-ethyl adjacent to an activating group) is 1. The van der Waals surface area contributed by atoms with Crippen molar-refractivity contribution in [2.75, 3.05) is 38.1 Å². The molecule has 1 N–H and O–H groups in total. The lowest BCUT2D eigenvalue weighted by atomic mass is 10.2. The van der Waals surface area contributed by atoms with E-state index < -0.39 is 0 Å². The summed E-state index contributed by atoms with van der Waals surface area (Å²) in [5.41, 5.74) is 2.67. The van der Waals surface area contributed by atoms with Crippen molar-refractivity contribution in [1.29, 1.82) is 0 Å². The lowest BCUT2D eigenvalue weighted by molar-refractivity contribution is 0.346. The summed E-state index contributed by atoms with van der Waals surface area (Å²) in [7, 11) is 2.19. The molecule has 1 heterocycles. The normalized spacial score (nSPS) is 16.0. The molecule has 20 heavy (non-hydrogen) atoms. The molecule has 1 fully saturated rings.